The summed E-state index contributed by atoms with van der Waals surface area (Å²) in [6.45, 7) is 0. The van der Waals surface area contributed by atoms with Gasteiger partial charge in [0.25, 0.3) is 10.0 Å². The van der Waals surface area contributed by atoms with E-state index < -0.39 is 19.8 Å². The van der Waals surface area contributed by atoms with Gasteiger partial charge >= 0.3 is 0 Å². The molecule has 0 spiro atoms. The van der Waals surface area contributed by atoms with E-state index in [2.05, 4.69) is 13.7 Å². The molecule has 0 saturated heterocycles. The summed E-state index contributed by atoms with van der Waals surface area (Å²) in [7, 11) is -6.71. The van der Waals surface area contributed by atoms with E-state index in [1.807, 2.05) is 0 Å². The first-order chi connectivity index (χ1) is 6.71. The van der Waals surface area contributed by atoms with Gasteiger partial charge in [0.15, 0.2) is 0 Å². The molecule has 0 amide bonds. The maximum atomic E-state index is 11.5. The molecule has 0 saturated carbocycles. The molecule has 6 nitrogen and oxygen atoms in total. The zero-order valence-electron chi connectivity index (χ0n) is 7.92. The lowest BCUT2D eigenvalue weighted by Gasteiger charge is -1.98. The summed E-state index contributed by atoms with van der Waals surface area (Å²) in [4.78, 5) is 6.76. The Morgan fingerprint density at radius 3 is 2.07 bits per heavy atom. The topological polar surface area (TPSA) is 89.4 Å². The van der Waals surface area contributed by atoms with Gasteiger partial charge in [-0.25, -0.2) is 14.2 Å². The Morgan fingerprint density at radius 2 is 1.67 bits per heavy atom. The quantitative estimate of drug-likeness (QED) is 0.731. The molecular weight excluding hydrogens is 262 g/mol. The van der Waals surface area contributed by atoms with Crippen LogP contribution in [0.4, 0.5) is 0 Å². The molecule has 15 heavy (non-hydrogen) atoms. The summed E-state index contributed by atoms with van der Waals surface area (Å²) in [6, 6.07) is 0. The molecule has 0 aromatic carbocycles. The van der Waals surface area contributed by atoms with Gasteiger partial charge in [0.1, 0.15) is 4.90 Å². The second kappa shape index (κ2) is 4.03. The Morgan fingerprint density at radius 1 is 1.20 bits per heavy atom. The fourth-order valence-electron chi connectivity index (χ4n) is 0.713. The van der Waals surface area contributed by atoms with Crippen molar-refractivity contribution in [3.63, 3.8) is 0 Å². The monoisotopic (exact) mass is 269 g/mol. The second-order valence-electron chi connectivity index (χ2n) is 2.92. The highest BCUT2D eigenvalue weighted by atomic mass is 35.5. The molecule has 0 atom stereocenters. The van der Waals surface area contributed by atoms with Gasteiger partial charge in [-0.2, -0.15) is 8.42 Å². The Labute approximate surface area is 92.9 Å². The van der Waals surface area contributed by atoms with Crippen LogP contribution in [-0.2, 0) is 19.8 Å². The number of hydrogen-bond donors (Lipinski definition) is 0. The van der Waals surface area contributed by atoms with Crippen molar-refractivity contribution in [2.75, 3.05) is 12.5 Å². The minimum Gasteiger partial charge on any atom is -0.249 e. The van der Waals surface area contributed by atoms with Gasteiger partial charge in [0.2, 0.25) is 5.28 Å². The Balaban J connectivity index is 3.31. The summed E-state index contributed by atoms with van der Waals surface area (Å²) in [5, 5.41) is -0.0670. The lowest BCUT2D eigenvalue weighted by molar-refractivity contribution is 0.597. The predicted molar refractivity (Wildman–Crippen MR) is 56.6 cm³/mol. The first-order valence-corrected chi connectivity index (χ1v) is 7.77. The molecule has 0 unspecified atom stereocenters. The average molecular weight is 270 g/mol. The van der Waals surface area contributed by atoms with Crippen molar-refractivity contribution in [3.05, 3.63) is 17.7 Å². The molecule has 0 aliphatic heterocycles. The summed E-state index contributed by atoms with van der Waals surface area (Å²) in [5.74, 6) is 0. The number of hydrogen-bond acceptors (Lipinski definition) is 5. The number of halogens is 1. The lowest BCUT2D eigenvalue weighted by atomic mass is 10.7. The van der Waals surface area contributed by atoms with Crippen molar-refractivity contribution in [2.24, 2.45) is 3.77 Å². The smallest absolute Gasteiger partial charge is 0.249 e. The van der Waals surface area contributed by atoms with Crippen LogP contribution in [0.15, 0.2) is 21.1 Å². The van der Waals surface area contributed by atoms with Crippen molar-refractivity contribution < 1.29 is 12.6 Å². The second-order valence-corrected chi connectivity index (χ2v) is 7.64. The molecule has 0 radical (unpaired) electrons. The van der Waals surface area contributed by atoms with Crippen LogP contribution >= 0.6 is 11.6 Å². The average Bonchev–Trinajstić information content (AvgIpc) is 2.00. The fourth-order valence-corrected chi connectivity index (χ4v) is 3.42. The van der Waals surface area contributed by atoms with Crippen LogP contribution in [-0.4, -0.2) is 35.1 Å². The third-order valence-electron chi connectivity index (χ3n) is 1.17. The van der Waals surface area contributed by atoms with Crippen LogP contribution < -0.4 is 0 Å². The molecule has 1 heterocycles. The van der Waals surface area contributed by atoms with Gasteiger partial charge in [0.05, 0.1) is 22.1 Å². The van der Waals surface area contributed by atoms with E-state index in [0.29, 0.717) is 0 Å². The van der Waals surface area contributed by atoms with Crippen molar-refractivity contribution in [1.29, 1.82) is 0 Å². The van der Waals surface area contributed by atoms with Gasteiger partial charge < -0.3 is 0 Å². The van der Waals surface area contributed by atoms with Gasteiger partial charge in [-0.15, -0.1) is 3.77 Å². The number of aromatic nitrogens is 2. The summed E-state index contributed by atoms with van der Waals surface area (Å²) in [5.41, 5.74) is 0. The van der Waals surface area contributed by atoms with Crippen LogP contribution in [0, 0.1) is 0 Å². The van der Waals surface area contributed by atoms with Crippen molar-refractivity contribution in [2.45, 2.75) is 4.90 Å². The highest BCUT2D eigenvalue weighted by Gasteiger charge is 2.15. The minimum absolute atomic E-state index is 0.0670. The zero-order valence-corrected chi connectivity index (χ0v) is 10.3. The summed E-state index contributed by atoms with van der Waals surface area (Å²) in [6.07, 6.45) is 4.47. The number of nitrogens with zero attached hydrogens (tertiary/aromatic N) is 3. The number of rotatable bonds is 2. The first kappa shape index (κ1) is 12.3. The molecule has 0 N–H and O–H groups in total. The minimum atomic E-state index is -3.97. The van der Waals surface area contributed by atoms with E-state index in [9.17, 15) is 12.6 Å². The molecule has 0 aliphatic rings. The largest absolute Gasteiger partial charge is 0.293 e. The third-order valence-corrected chi connectivity index (χ3v) is 4.39. The van der Waals surface area contributed by atoms with E-state index in [4.69, 9.17) is 11.6 Å². The van der Waals surface area contributed by atoms with Crippen LogP contribution in [0.5, 0.6) is 0 Å². The van der Waals surface area contributed by atoms with Crippen molar-refractivity contribution in [3.8, 4) is 0 Å². The zero-order chi connectivity index (χ0) is 11.7. The molecule has 0 aliphatic carbocycles. The molecule has 0 fully saturated rings. The lowest BCUT2D eigenvalue weighted by Crippen LogP contribution is -2.03. The molecule has 0 bridgehead atoms. The van der Waals surface area contributed by atoms with Gasteiger partial charge in [-0.1, -0.05) is 0 Å². The first-order valence-electron chi connectivity index (χ1n) is 3.62. The standard InChI is InChI=1S/C6H8ClN3O3S2/c1-14(2,11)10-15(12,13)5-3-8-6(7)9-4-5/h3-4H,1-2H3. The number of sulfonamides is 1. The molecule has 84 valence electrons. The maximum Gasteiger partial charge on any atom is 0.293 e. The van der Waals surface area contributed by atoms with E-state index in [-0.39, 0.29) is 10.2 Å². The van der Waals surface area contributed by atoms with Gasteiger partial charge in [-0.3, -0.25) is 0 Å². The highest BCUT2D eigenvalue weighted by molar-refractivity contribution is 8.02. The Bertz CT molecular complexity index is 564. The molecule has 1 aromatic rings. The summed E-state index contributed by atoms with van der Waals surface area (Å²) >= 11 is 5.39. The molecule has 1 rings (SSSR count). The van der Waals surface area contributed by atoms with Crippen molar-refractivity contribution in [1.82, 2.24) is 9.97 Å². The predicted octanol–water partition coefficient (Wildman–Crippen LogP) is 0.546. The van der Waals surface area contributed by atoms with E-state index in [1.54, 1.807) is 0 Å². The Kier molecular flexibility index (Phi) is 3.31. The van der Waals surface area contributed by atoms with E-state index >= 15 is 0 Å². The van der Waals surface area contributed by atoms with Crippen LogP contribution in [0.25, 0.3) is 0 Å². The van der Waals surface area contributed by atoms with Gasteiger partial charge in [0, 0.05) is 12.5 Å². The SMILES string of the molecule is CS(C)(=O)=NS(=O)(=O)c1cnc(Cl)nc1. The summed E-state index contributed by atoms with van der Waals surface area (Å²) < 4.78 is 37.4. The van der Waals surface area contributed by atoms with Crippen LogP contribution in [0.3, 0.4) is 0 Å². The fraction of sp³-hybridized carbons (Fsp3) is 0.333. The highest BCUT2D eigenvalue weighted by Crippen LogP contribution is 2.12. The van der Waals surface area contributed by atoms with Crippen LogP contribution in [0.1, 0.15) is 0 Å². The molecule has 9 heteroatoms. The third kappa shape index (κ3) is 3.73. The molecule has 1 aromatic heterocycles. The van der Waals surface area contributed by atoms with E-state index in [0.717, 1.165) is 12.4 Å². The van der Waals surface area contributed by atoms with E-state index in [1.165, 1.54) is 12.5 Å². The normalized spacial score (nSPS) is 12.5. The van der Waals surface area contributed by atoms with Crippen molar-refractivity contribution >= 4 is 31.4 Å². The van der Waals surface area contributed by atoms with Gasteiger partial charge in [-0.05, 0) is 11.6 Å². The Hall–Kier alpha value is -0.730. The molecular formula is C6H8ClN3O3S2. The maximum absolute atomic E-state index is 11.5. The van der Waals surface area contributed by atoms with Crippen LogP contribution in [0.2, 0.25) is 5.28 Å².